The van der Waals surface area contributed by atoms with Crippen LogP contribution in [0.15, 0.2) is 51.1 Å². The maximum atomic E-state index is 11.2. The monoisotopic (exact) mass is 419 g/mol. The molecule has 0 saturated heterocycles. The molecule has 0 bridgehead atoms. The quantitative estimate of drug-likeness (QED) is 0.365. The molecule has 0 unspecified atom stereocenters. The van der Waals surface area contributed by atoms with E-state index >= 15 is 0 Å². The molecule has 3 aromatic rings. The number of nitrogens with zero attached hydrogens (tertiary/aromatic N) is 5. The molecule has 0 atom stereocenters. The predicted octanol–water partition coefficient (Wildman–Crippen LogP) is 4.88. The molecule has 26 heavy (non-hydrogen) atoms. The Morgan fingerprint density at radius 3 is 2.46 bits per heavy atom. The molecule has 0 aliphatic carbocycles. The van der Waals surface area contributed by atoms with Gasteiger partial charge in [0.25, 0.3) is 5.69 Å². The summed E-state index contributed by atoms with van der Waals surface area (Å²) in [6.07, 6.45) is 0. The van der Waals surface area contributed by atoms with Gasteiger partial charge in [-0.2, -0.15) is 0 Å². The van der Waals surface area contributed by atoms with Gasteiger partial charge >= 0.3 is 5.69 Å². The minimum absolute atomic E-state index is 0.136. The number of hydrogen-bond donors (Lipinski definition) is 1. The molecule has 3 rings (SSSR count). The predicted molar refractivity (Wildman–Crippen MR) is 96.2 cm³/mol. The molecule has 1 aromatic heterocycles. The summed E-state index contributed by atoms with van der Waals surface area (Å²) in [6, 6.07) is 8.34. The molecule has 1 heterocycles. The Morgan fingerprint density at radius 2 is 1.81 bits per heavy atom. The van der Waals surface area contributed by atoms with Crippen LogP contribution in [0.5, 0.6) is 5.88 Å². The molecule has 0 radical (unpaired) electrons. The summed E-state index contributed by atoms with van der Waals surface area (Å²) in [4.78, 5) is 20.4. The van der Waals surface area contributed by atoms with Gasteiger partial charge in [0.15, 0.2) is 11.4 Å². The Labute approximate surface area is 153 Å². The van der Waals surface area contributed by atoms with Crippen molar-refractivity contribution in [3.05, 3.63) is 61.1 Å². The number of rotatable bonds is 4. The van der Waals surface area contributed by atoms with Crippen molar-refractivity contribution in [2.24, 2.45) is 17.3 Å². The average Bonchev–Trinajstić information content (AvgIpc) is 2.83. The standard InChI is InChI=1S/C15H10BrN5O5/c1-19-12-5-2-8(16)6-10(12)14(15(19)22)18-17-11-4-3-9(20(23)24)7-13(11)21(25)26/h2-7,22H,1H3. The van der Waals surface area contributed by atoms with Crippen LogP contribution in [0.4, 0.5) is 22.7 Å². The first-order chi connectivity index (χ1) is 12.3. The van der Waals surface area contributed by atoms with E-state index in [2.05, 4.69) is 26.2 Å². The Hall–Kier alpha value is -3.34. The summed E-state index contributed by atoms with van der Waals surface area (Å²) in [5.74, 6) is -0.161. The van der Waals surface area contributed by atoms with Gasteiger partial charge in [-0.3, -0.25) is 20.2 Å². The number of halogens is 1. The fourth-order valence-electron chi connectivity index (χ4n) is 2.44. The van der Waals surface area contributed by atoms with Crippen LogP contribution in [-0.2, 0) is 7.05 Å². The highest BCUT2D eigenvalue weighted by Gasteiger charge is 2.20. The zero-order valence-corrected chi connectivity index (χ0v) is 14.7. The molecule has 0 spiro atoms. The molecule has 0 aliphatic rings. The third kappa shape index (κ3) is 2.99. The van der Waals surface area contributed by atoms with Crippen LogP contribution in [0.2, 0.25) is 0 Å². The van der Waals surface area contributed by atoms with E-state index in [0.717, 1.165) is 22.7 Å². The molecule has 1 N–H and O–H groups in total. The van der Waals surface area contributed by atoms with E-state index in [1.165, 1.54) is 4.57 Å². The first kappa shape index (κ1) is 17.5. The normalized spacial score (nSPS) is 11.3. The summed E-state index contributed by atoms with van der Waals surface area (Å²) < 4.78 is 2.26. The molecule has 132 valence electrons. The van der Waals surface area contributed by atoms with Crippen LogP contribution < -0.4 is 0 Å². The smallest absolute Gasteiger partial charge is 0.303 e. The number of fused-ring (bicyclic) bond motifs is 1. The van der Waals surface area contributed by atoms with E-state index in [-0.39, 0.29) is 17.3 Å². The summed E-state index contributed by atoms with van der Waals surface area (Å²) >= 11 is 3.33. The Balaban J connectivity index is 2.13. The molecule has 0 saturated carbocycles. The van der Waals surface area contributed by atoms with Crippen LogP contribution in [0, 0.1) is 20.2 Å². The number of aromatic hydroxyl groups is 1. The summed E-state index contributed by atoms with van der Waals surface area (Å²) in [5, 5.41) is 40.6. The van der Waals surface area contributed by atoms with E-state index < -0.39 is 21.2 Å². The van der Waals surface area contributed by atoms with Gasteiger partial charge in [-0.1, -0.05) is 15.9 Å². The van der Waals surface area contributed by atoms with Crippen molar-refractivity contribution < 1.29 is 15.0 Å². The zero-order valence-electron chi connectivity index (χ0n) is 13.2. The fraction of sp³-hybridized carbons (Fsp3) is 0.0667. The van der Waals surface area contributed by atoms with Gasteiger partial charge in [0.2, 0.25) is 5.88 Å². The van der Waals surface area contributed by atoms with Crippen molar-refractivity contribution >= 4 is 49.6 Å². The number of benzene rings is 2. The van der Waals surface area contributed by atoms with Gasteiger partial charge in [0.1, 0.15) is 0 Å². The first-order valence-electron chi connectivity index (χ1n) is 7.11. The Bertz CT molecular complexity index is 1090. The molecule has 2 aromatic carbocycles. The van der Waals surface area contributed by atoms with Crippen molar-refractivity contribution in [3.8, 4) is 5.88 Å². The lowest BCUT2D eigenvalue weighted by atomic mass is 10.2. The number of aryl methyl sites for hydroxylation is 1. The highest BCUT2D eigenvalue weighted by molar-refractivity contribution is 9.10. The number of non-ortho nitro benzene ring substituents is 1. The summed E-state index contributed by atoms with van der Waals surface area (Å²) in [5.41, 5.74) is -0.308. The number of nitro benzene ring substituents is 2. The molecule has 0 amide bonds. The maximum Gasteiger partial charge on any atom is 0.303 e. The van der Waals surface area contributed by atoms with E-state index in [0.29, 0.717) is 10.9 Å². The topological polar surface area (TPSA) is 136 Å². The molecule has 0 aliphatic heterocycles. The van der Waals surface area contributed by atoms with Gasteiger partial charge in [-0.25, -0.2) is 0 Å². The number of hydrogen-bond acceptors (Lipinski definition) is 7. The lowest BCUT2D eigenvalue weighted by molar-refractivity contribution is -0.393. The average molecular weight is 420 g/mol. The van der Waals surface area contributed by atoms with E-state index in [9.17, 15) is 25.3 Å². The largest absolute Gasteiger partial charge is 0.493 e. The van der Waals surface area contributed by atoms with Crippen LogP contribution >= 0.6 is 15.9 Å². The van der Waals surface area contributed by atoms with Crippen molar-refractivity contribution in [2.45, 2.75) is 0 Å². The summed E-state index contributed by atoms with van der Waals surface area (Å²) in [6.45, 7) is 0. The maximum absolute atomic E-state index is 11.2. The highest BCUT2D eigenvalue weighted by Crippen LogP contribution is 2.41. The van der Waals surface area contributed by atoms with Crippen molar-refractivity contribution in [3.63, 3.8) is 0 Å². The van der Waals surface area contributed by atoms with Crippen LogP contribution in [0.3, 0.4) is 0 Å². The minimum atomic E-state index is -0.777. The Morgan fingerprint density at radius 1 is 1.08 bits per heavy atom. The van der Waals surface area contributed by atoms with Crippen molar-refractivity contribution in [1.82, 2.24) is 4.57 Å². The second-order valence-corrected chi connectivity index (χ2v) is 6.20. The molecular formula is C15H10BrN5O5. The number of nitro groups is 2. The molecule has 11 heteroatoms. The lowest BCUT2D eigenvalue weighted by Gasteiger charge is -1.97. The molecular weight excluding hydrogens is 410 g/mol. The van der Waals surface area contributed by atoms with E-state index in [1.807, 2.05) is 0 Å². The zero-order chi connectivity index (χ0) is 19.0. The number of azo groups is 1. The van der Waals surface area contributed by atoms with E-state index in [1.54, 1.807) is 25.2 Å². The molecule has 0 fully saturated rings. The van der Waals surface area contributed by atoms with Gasteiger partial charge in [-0.05, 0) is 24.3 Å². The summed E-state index contributed by atoms with van der Waals surface area (Å²) in [7, 11) is 1.64. The lowest BCUT2D eigenvalue weighted by Crippen LogP contribution is -1.92. The van der Waals surface area contributed by atoms with E-state index in [4.69, 9.17) is 0 Å². The number of aromatic nitrogens is 1. The van der Waals surface area contributed by atoms with Crippen LogP contribution in [0.25, 0.3) is 10.9 Å². The van der Waals surface area contributed by atoms with Crippen molar-refractivity contribution in [1.29, 1.82) is 0 Å². The van der Waals surface area contributed by atoms with Gasteiger partial charge < -0.3 is 9.67 Å². The van der Waals surface area contributed by atoms with Crippen LogP contribution in [0.1, 0.15) is 0 Å². The Kier molecular flexibility index (Phi) is 4.38. The van der Waals surface area contributed by atoms with Gasteiger partial charge in [0.05, 0.1) is 21.4 Å². The second-order valence-electron chi connectivity index (χ2n) is 5.28. The minimum Gasteiger partial charge on any atom is -0.493 e. The first-order valence-corrected chi connectivity index (χ1v) is 7.90. The van der Waals surface area contributed by atoms with Crippen molar-refractivity contribution in [2.75, 3.05) is 0 Å². The van der Waals surface area contributed by atoms with Crippen LogP contribution in [-0.4, -0.2) is 19.5 Å². The second kappa shape index (κ2) is 6.52. The third-order valence-electron chi connectivity index (χ3n) is 3.73. The SMILES string of the molecule is Cn1c(O)c(N=Nc2ccc([N+](=O)[O-])cc2[N+](=O)[O-])c2cc(Br)ccc21. The molecule has 10 nitrogen and oxygen atoms in total. The fourth-order valence-corrected chi connectivity index (χ4v) is 2.80. The van der Waals surface area contributed by atoms with Gasteiger partial charge in [-0.15, -0.1) is 10.2 Å². The highest BCUT2D eigenvalue weighted by atomic mass is 79.9. The van der Waals surface area contributed by atoms with Gasteiger partial charge in [0, 0.05) is 23.0 Å². The third-order valence-corrected chi connectivity index (χ3v) is 4.22.